The van der Waals surface area contributed by atoms with Gasteiger partial charge in [0.15, 0.2) is 0 Å². The molecule has 0 bridgehead atoms. The van der Waals surface area contributed by atoms with E-state index in [9.17, 15) is 9.59 Å². The zero-order chi connectivity index (χ0) is 23.4. The van der Waals surface area contributed by atoms with Gasteiger partial charge >= 0.3 is 6.03 Å². The second kappa shape index (κ2) is 10.4. The lowest BCUT2D eigenvalue weighted by Gasteiger charge is -2.35. The van der Waals surface area contributed by atoms with E-state index in [-0.39, 0.29) is 29.8 Å². The summed E-state index contributed by atoms with van der Waals surface area (Å²) in [4.78, 5) is 30.4. The van der Waals surface area contributed by atoms with Crippen molar-refractivity contribution in [2.24, 2.45) is 5.92 Å². The van der Waals surface area contributed by atoms with Gasteiger partial charge in [-0.05, 0) is 55.6 Å². The lowest BCUT2D eigenvalue weighted by atomic mass is 9.87. The molecule has 8 heteroatoms. The molecule has 33 heavy (non-hydrogen) atoms. The maximum absolute atomic E-state index is 13.5. The smallest absolute Gasteiger partial charge is 0.319 e. The summed E-state index contributed by atoms with van der Waals surface area (Å²) >= 11 is 6.17. The number of nitrogens with one attached hydrogen (secondary N) is 2. The number of urea groups is 1. The molecule has 7 nitrogen and oxygen atoms in total. The summed E-state index contributed by atoms with van der Waals surface area (Å²) in [6, 6.07) is 14.6. The molecule has 1 saturated carbocycles. The van der Waals surface area contributed by atoms with Gasteiger partial charge in [0, 0.05) is 38.1 Å². The number of carbonyl (C=O) groups excluding carboxylic acids is 2. The molecule has 1 aliphatic heterocycles. The van der Waals surface area contributed by atoms with Crippen molar-refractivity contribution in [2.75, 3.05) is 45.7 Å². The first-order chi connectivity index (χ1) is 15.9. The van der Waals surface area contributed by atoms with Gasteiger partial charge in [-0.2, -0.15) is 0 Å². The number of ether oxygens (including phenoxy) is 1. The molecule has 0 unspecified atom stereocenters. The van der Waals surface area contributed by atoms with Crippen LogP contribution < -0.4 is 15.4 Å². The number of para-hydroxylation sites is 1. The Hall–Kier alpha value is -2.77. The second-order valence-corrected chi connectivity index (χ2v) is 9.27. The SMILES string of the molecule is COc1ccc([C@H]2C[C@H](NC(=O)Nc3ccccc3Cl)C[C@@H]2C(=O)N2CCN(C)CC2)cc1. The number of methoxy groups -OCH3 is 1. The van der Waals surface area contributed by atoms with E-state index in [1.807, 2.05) is 41.3 Å². The number of halogens is 1. The van der Waals surface area contributed by atoms with Crippen LogP contribution in [0.4, 0.5) is 10.5 Å². The molecule has 0 radical (unpaired) electrons. The monoisotopic (exact) mass is 470 g/mol. The molecular weight excluding hydrogens is 440 g/mol. The van der Waals surface area contributed by atoms with Crippen molar-refractivity contribution in [3.8, 4) is 5.75 Å². The minimum absolute atomic E-state index is 0.0358. The van der Waals surface area contributed by atoms with Gasteiger partial charge in [0.2, 0.25) is 5.91 Å². The van der Waals surface area contributed by atoms with Crippen LogP contribution in [0, 0.1) is 5.92 Å². The highest BCUT2D eigenvalue weighted by molar-refractivity contribution is 6.33. The molecule has 3 amide bonds. The minimum Gasteiger partial charge on any atom is -0.497 e. The number of hydrogen-bond donors (Lipinski definition) is 2. The summed E-state index contributed by atoms with van der Waals surface area (Å²) in [6.07, 6.45) is 1.31. The molecule has 2 aromatic carbocycles. The van der Waals surface area contributed by atoms with E-state index in [4.69, 9.17) is 16.3 Å². The Kier molecular flexibility index (Phi) is 7.40. The number of anilines is 1. The zero-order valence-electron chi connectivity index (χ0n) is 19.1. The van der Waals surface area contributed by atoms with Crippen LogP contribution in [0.5, 0.6) is 5.75 Å². The van der Waals surface area contributed by atoms with Crippen LogP contribution in [0.3, 0.4) is 0 Å². The molecule has 1 heterocycles. The number of amides is 3. The highest BCUT2D eigenvalue weighted by Gasteiger charge is 2.42. The summed E-state index contributed by atoms with van der Waals surface area (Å²) in [7, 11) is 3.72. The Bertz CT molecular complexity index is 976. The van der Waals surface area contributed by atoms with E-state index in [0.29, 0.717) is 23.6 Å². The molecule has 2 aliphatic rings. The molecule has 0 aromatic heterocycles. The van der Waals surface area contributed by atoms with Crippen LogP contribution in [-0.2, 0) is 4.79 Å². The molecule has 176 valence electrons. The van der Waals surface area contributed by atoms with Crippen molar-refractivity contribution in [3.05, 3.63) is 59.1 Å². The van der Waals surface area contributed by atoms with Crippen molar-refractivity contribution in [1.82, 2.24) is 15.1 Å². The predicted octanol–water partition coefficient (Wildman–Crippen LogP) is 3.81. The van der Waals surface area contributed by atoms with Gasteiger partial charge in [-0.25, -0.2) is 4.79 Å². The molecule has 1 saturated heterocycles. The van der Waals surface area contributed by atoms with E-state index in [2.05, 4.69) is 22.6 Å². The average Bonchev–Trinajstić information content (AvgIpc) is 3.24. The summed E-state index contributed by atoms with van der Waals surface area (Å²) in [5.74, 6) is 0.827. The average molecular weight is 471 g/mol. The van der Waals surface area contributed by atoms with Gasteiger partial charge < -0.3 is 25.2 Å². The quantitative estimate of drug-likeness (QED) is 0.697. The number of hydrogen-bond acceptors (Lipinski definition) is 4. The number of likely N-dealkylation sites (N-methyl/N-ethyl adjacent to an activating group) is 1. The largest absolute Gasteiger partial charge is 0.497 e. The topological polar surface area (TPSA) is 73.9 Å². The van der Waals surface area contributed by atoms with Crippen LogP contribution in [0.1, 0.15) is 24.3 Å². The van der Waals surface area contributed by atoms with Crippen molar-refractivity contribution in [2.45, 2.75) is 24.8 Å². The third-order valence-corrected chi connectivity index (χ3v) is 7.03. The Morgan fingerprint density at radius 3 is 2.36 bits per heavy atom. The van der Waals surface area contributed by atoms with E-state index in [1.54, 1.807) is 19.2 Å². The Balaban J connectivity index is 1.48. The maximum atomic E-state index is 13.5. The fourth-order valence-corrected chi connectivity index (χ4v) is 5.00. The van der Waals surface area contributed by atoms with E-state index >= 15 is 0 Å². The van der Waals surface area contributed by atoms with Gasteiger partial charge in [0.05, 0.1) is 17.8 Å². The Morgan fingerprint density at radius 2 is 1.70 bits per heavy atom. The van der Waals surface area contributed by atoms with E-state index in [0.717, 1.165) is 37.5 Å². The van der Waals surface area contributed by atoms with Gasteiger partial charge in [-0.15, -0.1) is 0 Å². The van der Waals surface area contributed by atoms with Crippen molar-refractivity contribution < 1.29 is 14.3 Å². The highest BCUT2D eigenvalue weighted by Crippen LogP contribution is 2.41. The Labute approximate surface area is 200 Å². The number of rotatable bonds is 5. The predicted molar refractivity (Wildman–Crippen MR) is 130 cm³/mol. The number of carbonyl (C=O) groups is 2. The number of benzene rings is 2. The summed E-state index contributed by atoms with van der Waals surface area (Å²) in [5.41, 5.74) is 1.66. The standard InChI is InChI=1S/C25H31ClN4O3/c1-29-11-13-30(14-12-29)24(31)21-16-18(15-20(21)17-7-9-19(33-2)10-8-17)27-25(32)28-23-6-4-3-5-22(23)26/h3-10,18,20-21H,11-16H2,1-2H3,(H2,27,28,32)/t18-,20+,21-/m0/s1. The lowest BCUT2D eigenvalue weighted by molar-refractivity contribution is -0.137. The number of piperazine rings is 1. The van der Waals surface area contributed by atoms with E-state index < -0.39 is 0 Å². The molecule has 0 spiro atoms. The van der Waals surface area contributed by atoms with Gasteiger partial charge in [0.1, 0.15) is 5.75 Å². The first kappa shape index (κ1) is 23.4. The van der Waals surface area contributed by atoms with Crippen molar-refractivity contribution >= 4 is 29.2 Å². The molecule has 2 N–H and O–H groups in total. The highest BCUT2D eigenvalue weighted by atomic mass is 35.5. The molecular formula is C25H31ClN4O3. The fraction of sp³-hybridized carbons (Fsp3) is 0.440. The summed E-state index contributed by atoms with van der Waals surface area (Å²) < 4.78 is 5.30. The zero-order valence-corrected chi connectivity index (χ0v) is 19.8. The molecule has 1 aliphatic carbocycles. The molecule has 3 atom stereocenters. The Morgan fingerprint density at radius 1 is 1.00 bits per heavy atom. The van der Waals surface area contributed by atoms with Gasteiger partial charge in [-0.1, -0.05) is 35.9 Å². The minimum atomic E-state index is -0.311. The van der Waals surface area contributed by atoms with Crippen LogP contribution >= 0.6 is 11.6 Å². The van der Waals surface area contributed by atoms with Crippen molar-refractivity contribution in [3.63, 3.8) is 0 Å². The van der Waals surface area contributed by atoms with Crippen LogP contribution in [0.25, 0.3) is 0 Å². The fourth-order valence-electron chi connectivity index (χ4n) is 4.82. The maximum Gasteiger partial charge on any atom is 0.319 e. The molecule has 2 aromatic rings. The molecule has 2 fully saturated rings. The summed E-state index contributed by atoms with van der Waals surface area (Å²) in [5, 5.41) is 6.36. The first-order valence-corrected chi connectivity index (χ1v) is 11.8. The summed E-state index contributed by atoms with van der Waals surface area (Å²) in [6.45, 7) is 3.25. The van der Waals surface area contributed by atoms with E-state index in [1.165, 1.54) is 0 Å². The molecule has 4 rings (SSSR count). The van der Waals surface area contributed by atoms with Gasteiger partial charge in [-0.3, -0.25) is 4.79 Å². The van der Waals surface area contributed by atoms with Crippen molar-refractivity contribution in [1.29, 1.82) is 0 Å². The lowest BCUT2D eigenvalue weighted by Crippen LogP contribution is -2.49. The number of nitrogens with zero attached hydrogens (tertiary/aromatic N) is 2. The van der Waals surface area contributed by atoms with Gasteiger partial charge in [0.25, 0.3) is 0 Å². The van der Waals surface area contributed by atoms with Crippen LogP contribution in [0.2, 0.25) is 5.02 Å². The third kappa shape index (κ3) is 5.60. The van der Waals surface area contributed by atoms with Crippen LogP contribution in [-0.4, -0.2) is 68.1 Å². The van der Waals surface area contributed by atoms with Crippen LogP contribution in [0.15, 0.2) is 48.5 Å². The first-order valence-electron chi connectivity index (χ1n) is 11.4. The normalized spacial score (nSPS) is 23.2. The second-order valence-electron chi connectivity index (χ2n) is 8.86. The third-order valence-electron chi connectivity index (χ3n) is 6.70.